The Labute approximate surface area is 102 Å². The fourth-order valence-corrected chi connectivity index (χ4v) is 1.66. The van der Waals surface area contributed by atoms with E-state index < -0.39 is 5.97 Å². The topological polar surface area (TPSA) is 53.4 Å². The second-order valence-electron chi connectivity index (χ2n) is 3.86. The summed E-state index contributed by atoms with van der Waals surface area (Å²) >= 11 is 0. The maximum absolute atomic E-state index is 11.2. The zero-order chi connectivity index (χ0) is 12.8. The van der Waals surface area contributed by atoms with Gasteiger partial charge in [0.2, 0.25) is 0 Å². The molecule has 1 rings (SSSR count). The van der Waals surface area contributed by atoms with Crippen molar-refractivity contribution in [2.24, 2.45) is 0 Å². The van der Waals surface area contributed by atoms with Crippen LogP contribution in [0.1, 0.15) is 29.4 Å². The first-order valence-electron chi connectivity index (χ1n) is 5.67. The van der Waals surface area contributed by atoms with Gasteiger partial charge in [0.15, 0.2) is 0 Å². The van der Waals surface area contributed by atoms with Crippen molar-refractivity contribution in [3.8, 4) is 0 Å². The molecule has 0 amide bonds. The molecule has 0 saturated heterocycles. The number of pyridine rings is 1. The molecule has 0 aromatic carbocycles. The molecule has 4 heteroatoms. The van der Waals surface area contributed by atoms with Gasteiger partial charge in [-0.1, -0.05) is 13.0 Å². The van der Waals surface area contributed by atoms with Crippen molar-refractivity contribution in [1.29, 1.82) is 0 Å². The number of rotatable bonds is 6. The van der Waals surface area contributed by atoms with Crippen molar-refractivity contribution < 1.29 is 9.90 Å². The molecule has 4 nitrogen and oxygen atoms in total. The summed E-state index contributed by atoms with van der Waals surface area (Å²) in [5, 5.41) is 9.15. The van der Waals surface area contributed by atoms with Crippen molar-refractivity contribution in [2.45, 2.75) is 20.3 Å². The molecule has 0 radical (unpaired) electrons. The number of aromatic nitrogens is 1. The summed E-state index contributed by atoms with van der Waals surface area (Å²) in [6.07, 6.45) is 2.69. The van der Waals surface area contributed by atoms with E-state index in [0.717, 1.165) is 18.7 Å². The molecule has 1 aromatic heterocycles. The third-order valence-electron chi connectivity index (χ3n) is 2.39. The molecule has 92 valence electrons. The molecule has 0 fully saturated rings. The highest BCUT2D eigenvalue weighted by atomic mass is 16.4. The normalized spacial score (nSPS) is 10.0. The lowest BCUT2D eigenvalue weighted by Crippen LogP contribution is -2.27. The number of carbonyl (C=O) groups is 1. The lowest BCUT2D eigenvalue weighted by Gasteiger charge is -2.23. The molecule has 17 heavy (non-hydrogen) atoms. The number of aromatic carboxylic acids is 1. The Morgan fingerprint density at radius 3 is 2.82 bits per heavy atom. The van der Waals surface area contributed by atoms with Crippen LogP contribution in [0, 0.1) is 6.92 Å². The summed E-state index contributed by atoms with van der Waals surface area (Å²) in [6.45, 7) is 8.96. The van der Waals surface area contributed by atoms with Gasteiger partial charge in [-0.15, -0.1) is 6.58 Å². The van der Waals surface area contributed by atoms with Gasteiger partial charge < -0.3 is 10.0 Å². The fraction of sp³-hybridized carbons (Fsp3) is 0.385. The Morgan fingerprint density at radius 1 is 1.59 bits per heavy atom. The molecule has 0 aliphatic heterocycles. The number of hydrogen-bond donors (Lipinski definition) is 1. The number of hydrogen-bond acceptors (Lipinski definition) is 3. The Balaban J connectivity index is 3.18. The predicted molar refractivity (Wildman–Crippen MR) is 68.6 cm³/mol. The minimum absolute atomic E-state index is 0.242. The highest BCUT2D eigenvalue weighted by molar-refractivity contribution is 5.93. The third-order valence-corrected chi connectivity index (χ3v) is 2.39. The van der Waals surface area contributed by atoms with Gasteiger partial charge in [0, 0.05) is 18.8 Å². The second-order valence-corrected chi connectivity index (χ2v) is 3.86. The average molecular weight is 234 g/mol. The first kappa shape index (κ1) is 13.2. The van der Waals surface area contributed by atoms with Gasteiger partial charge >= 0.3 is 5.97 Å². The molecule has 1 aromatic rings. The van der Waals surface area contributed by atoms with Crippen LogP contribution in [-0.2, 0) is 0 Å². The van der Waals surface area contributed by atoms with E-state index in [1.54, 1.807) is 18.2 Å². The molecule has 0 atom stereocenters. The van der Waals surface area contributed by atoms with E-state index in [2.05, 4.69) is 11.6 Å². The predicted octanol–water partition coefficient (Wildman–Crippen LogP) is 2.49. The summed E-state index contributed by atoms with van der Waals surface area (Å²) in [6, 6.07) is 3.32. The molecule has 0 unspecified atom stereocenters. The van der Waals surface area contributed by atoms with Crippen LogP contribution < -0.4 is 4.90 Å². The van der Waals surface area contributed by atoms with E-state index >= 15 is 0 Å². The summed E-state index contributed by atoms with van der Waals surface area (Å²) in [5.74, 6) is -0.420. The quantitative estimate of drug-likeness (QED) is 0.768. The average Bonchev–Trinajstić information content (AvgIpc) is 2.28. The molecule has 0 aliphatic carbocycles. The lowest BCUT2D eigenvalue weighted by molar-refractivity contribution is 0.0697. The largest absolute Gasteiger partial charge is 0.478 e. The van der Waals surface area contributed by atoms with E-state index in [1.807, 2.05) is 18.7 Å². The van der Waals surface area contributed by atoms with Crippen LogP contribution in [0.15, 0.2) is 24.8 Å². The molecule has 0 aliphatic rings. The Bertz CT molecular complexity index is 416. The van der Waals surface area contributed by atoms with Gasteiger partial charge in [-0.2, -0.15) is 0 Å². The van der Waals surface area contributed by atoms with Crippen LogP contribution in [0.3, 0.4) is 0 Å². The summed E-state index contributed by atoms with van der Waals surface area (Å²) in [7, 11) is 0. The van der Waals surface area contributed by atoms with Crippen molar-refractivity contribution in [3.05, 3.63) is 36.0 Å². The van der Waals surface area contributed by atoms with Crippen LogP contribution >= 0.6 is 0 Å². The standard InChI is InChI=1S/C13H18N2O2/c1-4-8-15(9-5-2)12-11(13(16)17)7-6-10(3)14-12/h4,6-7H,1,5,8-9H2,2-3H3,(H,16,17). The van der Waals surface area contributed by atoms with Crippen LogP contribution in [-0.4, -0.2) is 29.1 Å². The number of anilines is 1. The summed E-state index contributed by atoms with van der Waals surface area (Å²) in [5.41, 5.74) is 1.06. The van der Waals surface area contributed by atoms with Gasteiger partial charge in [-0.05, 0) is 25.5 Å². The highest BCUT2D eigenvalue weighted by Gasteiger charge is 2.16. The van der Waals surface area contributed by atoms with Crippen LogP contribution in [0.5, 0.6) is 0 Å². The minimum Gasteiger partial charge on any atom is -0.478 e. The van der Waals surface area contributed by atoms with Crippen molar-refractivity contribution >= 4 is 11.8 Å². The Morgan fingerprint density at radius 2 is 2.29 bits per heavy atom. The van der Waals surface area contributed by atoms with E-state index in [-0.39, 0.29) is 5.56 Å². The molecule has 0 saturated carbocycles. The van der Waals surface area contributed by atoms with Gasteiger partial charge in [0.1, 0.15) is 11.4 Å². The SMILES string of the molecule is C=CCN(CCC)c1nc(C)ccc1C(=O)O. The molecule has 0 bridgehead atoms. The van der Waals surface area contributed by atoms with Gasteiger partial charge in [0.25, 0.3) is 0 Å². The highest BCUT2D eigenvalue weighted by Crippen LogP contribution is 2.19. The van der Waals surface area contributed by atoms with Crippen LogP contribution in [0.2, 0.25) is 0 Å². The van der Waals surface area contributed by atoms with E-state index in [1.165, 1.54) is 0 Å². The maximum Gasteiger partial charge on any atom is 0.339 e. The lowest BCUT2D eigenvalue weighted by atomic mass is 10.2. The number of nitrogens with zero attached hydrogens (tertiary/aromatic N) is 2. The summed E-state index contributed by atoms with van der Waals surface area (Å²) < 4.78 is 0. The Hall–Kier alpha value is -1.84. The monoisotopic (exact) mass is 234 g/mol. The molecular formula is C13H18N2O2. The van der Waals surface area contributed by atoms with Crippen molar-refractivity contribution in [3.63, 3.8) is 0 Å². The Kier molecular flexibility index (Phi) is 4.69. The number of carboxylic acid groups (broad SMARTS) is 1. The summed E-state index contributed by atoms with van der Waals surface area (Å²) in [4.78, 5) is 17.4. The van der Waals surface area contributed by atoms with Crippen LogP contribution in [0.25, 0.3) is 0 Å². The van der Waals surface area contributed by atoms with E-state index in [0.29, 0.717) is 12.4 Å². The molecule has 1 heterocycles. The van der Waals surface area contributed by atoms with E-state index in [9.17, 15) is 4.79 Å². The fourth-order valence-electron chi connectivity index (χ4n) is 1.66. The molecule has 0 spiro atoms. The second kappa shape index (κ2) is 6.03. The molecular weight excluding hydrogens is 216 g/mol. The van der Waals surface area contributed by atoms with Crippen molar-refractivity contribution in [2.75, 3.05) is 18.0 Å². The minimum atomic E-state index is -0.947. The first-order chi connectivity index (χ1) is 8.10. The van der Waals surface area contributed by atoms with Crippen molar-refractivity contribution in [1.82, 2.24) is 4.98 Å². The maximum atomic E-state index is 11.2. The number of aryl methyl sites for hydroxylation is 1. The van der Waals surface area contributed by atoms with Crippen LogP contribution in [0.4, 0.5) is 5.82 Å². The number of carboxylic acids is 1. The smallest absolute Gasteiger partial charge is 0.339 e. The third kappa shape index (κ3) is 3.31. The van der Waals surface area contributed by atoms with Gasteiger partial charge in [0.05, 0.1) is 0 Å². The zero-order valence-electron chi connectivity index (χ0n) is 10.3. The van der Waals surface area contributed by atoms with Gasteiger partial charge in [-0.3, -0.25) is 0 Å². The molecule has 1 N–H and O–H groups in total. The zero-order valence-corrected chi connectivity index (χ0v) is 10.3. The first-order valence-corrected chi connectivity index (χ1v) is 5.67. The van der Waals surface area contributed by atoms with Gasteiger partial charge in [-0.25, -0.2) is 9.78 Å². The van der Waals surface area contributed by atoms with E-state index in [4.69, 9.17) is 5.11 Å².